The molecule has 0 unspecified atom stereocenters. The second kappa shape index (κ2) is 13.8. The number of hydrogen-bond acceptors (Lipinski definition) is 3. The maximum absolute atomic E-state index is 5.46. The fourth-order valence-electron chi connectivity index (χ4n) is 10.5. The van der Waals surface area contributed by atoms with Crippen molar-refractivity contribution in [2.24, 2.45) is 0 Å². The molecule has 13 aromatic rings. The molecule has 5 aromatic heterocycles. The second-order valence-electron chi connectivity index (χ2n) is 16.8. The Balaban J connectivity index is 1.00. The number of rotatable bonds is 5. The average molecular weight is 832 g/mol. The van der Waals surface area contributed by atoms with Crippen LogP contribution in [0.4, 0.5) is 0 Å². The molecule has 0 saturated carbocycles. The van der Waals surface area contributed by atoms with Gasteiger partial charge in [0.1, 0.15) is 0 Å². The highest BCUT2D eigenvalue weighted by Crippen LogP contribution is 2.39. The lowest BCUT2D eigenvalue weighted by molar-refractivity contribution is 0.892. The van der Waals surface area contributed by atoms with Crippen molar-refractivity contribution in [3.63, 3.8) is 0 Å². The van der Waals surface area contributed by atoms with Crippen LogP contribution < -0.4 is 0 Å². The Hall–Kier alpha value is -8.81. The highest BCUT2D eigenvalue weighted by atomic mass is 15.3. The van der Waals surface area contributed by atoms with Gasteiger partial charge in [-0.25, -0.2) is 0 Å². The SMILES string of the molecule is C1=CCc2c(n(-c3ccc4c(c3)c3ccccc3n4-c3nc(-c4ccccc4)nc(-n4c5ccccc5c5cc(-n6c7ccccc7c7ccccc76)ccc54)n3)c3ccccc23)C=C1. The molecular weight excluding hydrogens is 795 g/mol. The Morgan fingerprint density at radius 3 is 1.32 bits per heavy atom. The molecule has 0 saturated heterocycles. The summed E-state index contributed by atoms with van der Waals surface area (Å²) in [4.78, 5) is 16.1. The molecule has 5 heterocycles. The Kier molecular flexibility index (Phi) is 7.62. The number of hydrogen-bond donors (Lipinski definition) is 0. The van der Waals surface area contributed by atoms with E-state index in [2.05, 4.69) is 212 Å². The molecule has 0 atom stereocenters. The lowest BCUT2D eigenvalue weighted by atomic mass is 10.1. The molecular formula is C58H37N7. The van der Waals surface area contributed by atoms with Crippen LogP contribution in [0.1, 0.15) is 11.3 Å². The highest BCUT2D eigenvalue weighted by Gasteiger charge is 2.23. The van der Waals surface area contributed by atoms with Crippen LogP contribution in [0.15, 0.2) is 206 Å². The van der Waals surface area contributed by atoms with Gasteiger partial charge in [-0.15, -0.1) is 0 Å². The predicted molar refractivity (Wildman–Crippen MR) is 267 cm³/mol. The van der Waals surface area contributed by atoms with Crippen LogP contribution in [0.2, 0.25) is 0 Å². The van der Waals surface area contributed by atoms with Crippen molar-refractivity contribution in [3.8, 4) is 34.7 Å². The van der Waals surface area contributed by atoms with Crippen molar-refractivity contribution in [2.75, 3.05) is 0 Å². The normalized spacial score (nSPS) is 12.7. The molecule has 0 radical (unpaired) electrons. The van der Waals surface area contributed by atoms with Crippen LogP contribution in [0.5, 0.6) is 0 Å². The third-order valence-corrected chi connectivity index (χ3v) is 13.3. The van der Waals surface area contributed by atoms with E-state index in [4.69, 9.17) is 15.0 Å². The van der Waals surface area contributed by atoms with Crippen LogP contribution in [0.3, 0.4) is 0 Å². The first kappa shape index (κ1) is 35.8. The summed E-state index contributed by atoms with van der Waals surface area (Å²) < 4.78 is 9.19. The first-order valence-corrected chi connectivity index (χ1v) is 22.1. The summed E-state index contributed by atoms with van der Waals surface area (Å²) in [5.74, 6) is 1.70. The van der Waals surface area contributed by atoms with E-state index in [1.54, 1.807) is 0 Å². The minimum absolute atomic E-state index is 0.550. The lowest BCUT2D eigenvalue weighted by Gasteiger charge is -2.13. The summed E-state index contributed by atoms with van der Waals surface area (Å²) in [6.45, 7) is 0. The third kappa shape index (κ3) is 5.27. The van der Waals surface area contributed by atoms with Gasteiger partial charge in [-0.2, -0.15) is 15.0 Å². The van der Waals surface area contributed by atoms with Gasteiger partial charge in [0.2, 0.25) is 11.9 Å². The quantitative estimate of drug-likeness (QED) is 0.174. The topological polar surface area (TPSA) is 58.4 Å². The van der Waals surface area contributed by atoms with Gasteiger partial charge < -0.3 is 9.13 Å². The highest BCUT2D eigenvalue weighted by molar-refractivity contribution is 6.13. The smallest absolute Gasteiger partial charge is 0.240 e. The van der Waals surface area contributed by atoms with E-state index in [1.807, 2.05) is 18.2 Å². The molecule has 0 fully saturated rings. The van der Waals surface area contributed by atoms with Crippen molar-refractivity contribution < 1.29 is 0 Å². The molecule has 7 heteroatoms. The molecule has 304 valence electrons. The zero-order chi connectivity index (χ0) is 42.6. The summed E-state index contributed by atoms with van der Waals surface area (Å²) in [5.41, 5.74) is 13.3. The zero-order valence-electron chi connectivity index (χ0n) is 35.0. The van der Waals surface area contributed by atoms with Crippen molar-refractivity contribution >= 4 is 82.4 Å². The molecule has 65 heavy (non-hydrogen) atoms. The maximum atomic E-state index is 5.46. The first-order chi connectivity index (χ1) is 32.3. The fourth-order valence-corrected chi connectivity index (χ4v) is 10.5. The van der Waals surface area contributed by atoms with E-state index >= 15 is 0 Å². The predicted octanol–water partition coefficient (Wildman–Crippen LogP) is 13.9. The molecule has 7 nitrogen and oxygen atoms in total. The molecule has 0 bridgehead atoms. The Morgan fingerprint density at radius 2 is 0.769 bits per heavy atom. The van der Waals surface area contributed by atoms with Crippen LogP contribution >= 0.6 is 0 Å². The molecule has 0 aliphatic heterocycles. The first-order valence-electron chi connectivity index (χ1n) is 22.1. The standard InChI is InChI=1S/C58H37N7/c1-3-17-37(18-4-1)56-59-57(64-52-29-15-10-23-44(52)46-35-38(31-33-54(46)64)62-48-25-6-2-5-19-40(48)41-20-7-12-26-49(41)62)61-58(60-56)65-53-30-16-11-24-45(53)47-36-39(32-34-55(47)65)63-50-27-13-8-21-42(50)43-22-9-14-28-51(43)63/h1-18,20-36H,19H2. The molecule has 0 N–H and O–H groups in total. The number of nitrogens with zero attached hydrogens (tertiary/aromatic N) is 7. The molecule has 0 amide bonds. The summed E-state index contributed by atoms with van der Waals surface area (Å²) >= 11 is 0. The van der Waals surface area contributed by atoms with Gasteiger partial charge in [-0.05, 0) is 84.8 Å². The lowest BCUT2D eigenvalue weighted by Crippen LogP contribution is -2.10. The van der Waals surface area contributed by atoms with Crippen molar-refractivity contribution in [2.45, 2.75) is 6.42 Å². The van der Waals surface area contributed by atoms with Crippen LogP contribution in [0.25, 0.3) is 117 Å². The summed E-state index contributed by atoms with van der Waals surface area (Å²) in [5, 5.41) is 8.24. The van der Waals surface area contributed by atoms with Gasteiger partial charge >= 0.3 is 0 Å². The van der Waals surface area contributed by atoms with E-state index in [1.165, 1.54) is 44.0 Å². The third-order valence-electron chi connectivity index (χ3n) is 13.3. The van der Waals surface area contributed by atoms with Gasteiger partial charge in [-0.3, -0.25) is 9.13 Å². The Morgan fingerprint density at radius 1 is 0.338 bits per heavy atom. The molecule has 1 aliphatic carbocycles. The van der Waals surface area contributed by atoms with Crippen molar-refractivity contribution in [3.05, 3.63) is 218 Å². The van der Waals surface area contributed by atoms with Crippen LogP contribution in [-0.2, 0) is 6.42 Å². The minimum Gasteiger partial charge on any atom is -0.310 e. The number of allylic oxidation sites excluding steroid dienone is 3. The molecule has 8 aromatic carbocycles. The Bertz CT molecular complexity index is 4100. The van der Waals surface area contributed by atoms with Gasteiger partial charge in [0.15, 0.2) is 5.82 Å². The number of fused-ring (bicyclic) bond motifs is 12. The van der Waals surface area contributed by atoms with Gasteiger partial charge in [0.25, 0.3) is 0 Å². The van der Waals surface area contributed by atoms with E-state index in [0.717, 1.165) is 67.0 Å². The average Bonchev–Trinajstić information content (AvgIpc) is 4.03. The van der Waals surface area contributed by atoms with E-state index in [0.29, 0.717) is 17.7 Å². The van der Waals surface area contributed by atoms with Gasteiger partial charge in [0, 0.05) is 54.6 Å². The summed E-state index contributed by atoms with van der Waals surface area (Å²) in [6.07, 6.45) is 9.66. The summed E-state index contributed by atoms with van der Waals surface area (Å²) in [7, 11) is 0. The minimum atomic E-state index is 0.550. The molecule has 0 spiro atoms. The summed E-state index contributed by atoms with van der Waals surface area (Å²) in [6, 6.07) is 67.0. The van der Waals surface area contributed by atoms with E-state index in [9.17, 15) is 0 Å². The number of para-hydroxylation sites is 5. The fraction of sp³-hybridized carbons (Fsp3) is 0.0172. The van der Waals surface area contributed by atoms with Crippen molar-refractivity contribution in [1.82, 2.24) is 33.2 Å². The van der Waals surface area contributed by atoms with Crippen LogP contribution in [0, 0.1) is 0 Å². The molecule has 1 aliphatic rings. The van der Waals surface area contributed by atoms with E-state index < -0.39 is 0 Å². The van der Waals surface area contributed by atoms with Crippen molar-refractivity contribution in [1.29, 1.82) is 0 Å². The maximum Gasteiger partial charge on any atom is 0.240 e. The van der Waals surface area contributed by atoms with Gasteiger partial charge in [-0.1, -0.05) is 140 Å². The monoisotopic (exact) mass is 831 g/mol. The second-order valence-corrected chi connectivity index (χ2v) is 16.8. The number of aromatic nitrogens is 7. The largest absolute Gasteiger partial charge is 0.310 e. The molecule has 14 rings (SSSR count). The van der Waals surface area contributed by atoms with E-state index in [-0.39, 0.29) is 0 Å². The van der Waals surface area contributed by atoms with Gasteiger partial charge in [0.05, 0.1) is 44.3 Å². The zero-order valence-corrected chi connectivity index (χ0v) is 35.0. The van der Waals surface area contributed by atoms with Crippen LogP contribution in [-0.4, -0.2) is 33.2 Å². The Labute approximate surface area is 372 Å². The number of benzene rings is 8.